The van der Waals surface area contributed by atoms with Gasteiger partial charge in [0.15, 0.2) is 0 Å². The molecule has 0 aromatic heterocycles. The molecule has 1 aliphatic rings. The molecule has 2 N–H and O–H groups in total. The van der Waals surface area contributed by atoms with E-state index in [1.165, 1.54) is 6.42 Å². The summed E-state index contributed by atoms with van der Waals surface area (Å²) in [5.74, 6) is 0.981. The molecule has 1 saturated carbocycles. The van der Waals surface area contributed by atoms with Crippen LogP contribution in [0.2, 0.25) is 5.02 Å². The highest BCUT2D eigenvalue weighted by Gasteiger charge is 2.28. The van der Waals surface area contributed by atoms with E-state index < -0.39 is 0 Å². The summed E-state index contributed by atoms with van der Waals surface area (Å²) >= 11 is 6.00. The molecule has 5 nitrogen and oxygen atoms in total. The van der Waals surface area contributed by atoms with Gasteiger partial charge in [-0.15, -0.1) is 0 Å². The fourth-order valence-electron chi connectivity index (χ4n) is 3.64. The number of hydrogen-bond acceptors (Lipinski definition) is 3. The van der Waals surface area contributed by atoms with E-state index in [0.29, 0.717) is 29.1 Å². The van der Waals surface area contributed by atoms with Crippen LogP contribution in [0.4, 0.5) is 5.69 Å². The standard InChI is InChI=1S/C21H32ClN3O2/c1-5-25(12-20(26)23-18-8-6-7-14(2)16(18)4)13-21(27)24-19-11-17(22)10-9-15(19)3/h9-11,14,16,18H,5-8,12-13H2,1-4H3,(H,23,26)(H,24,27). The number of aryl methyl sites for hydroxylation is 1. The summed E-state index contributed by atoms with van der Waals surface area (Å²) in [5, 5.41) is 6.64. The number of benzene rings is 1. The molecule has 3 unspecified atom stereocenters. The van der Waals surface area contributed by atoms with Crippen LogP contribution >= 0.6 is 11.6 Å². The number of halogens is 1. The van der Waals surface area contributed by atoms with Crippen LogP contribution in [0.1, 0.15) is 45.6 Å². The third-order valence-electron chi connectivity index (χ3n) is 5.71. The normalized spacial score (nSPS) is 22.5. The molecule has 0 radical (unpaired) electrons. The number of hydrogen-bond donors (Lipinski definition) is 2. The van der Waals surface area contributed by atoms with Gasteiger partial charge in [-0.3, -0.25) is 14.5 Å². The maximum Gasteiger partial charge on any atom is 0.238 e. The summed E-state index contributed by atoms with van der Waals surface area (Å²) in [5.41, 5.74) is 1.66. The van der Waals surface area contributed by atoms with Crippen LogP contribution in [-0.2, 0) is 9.59 Å². The van der Waals surface area contributed by atoms with Crippen LogP contribution in [0.25, 0.3) is 0 Å². The molecule has 3 atom stereocenters. The summed E-state index contributed by atoms with van der Waals surface area (Å²) < 4.78 is 0. The van der Waals surface area contributed by atoms with Crippen molar-refractivity contribution in [3.05, 3.63) is 28.8 Å². The minimum Gasteiger partial charge on any atom is -0.352 e. The van der Waals surface area contributed by atoms with Crippen molar-refractivity contribution < 1.29 is 9.59 Å². The summed E-state index contributed by atoms with van der Waals surface area (Å²) in [7, 11) is 0. The van der Waals surface area contributed by atoms with Gasteiger partial charge in [0.25, 0.3) is 0 Å². The first-order valence-corrected chi connectivity index (χ1v) is 10.3. The molecule has 1 aliphatic carbocycles. The van der Waals surface area contributed by atoms with E-state index in [1.54, 1.807) is 12.1 Å². The Kier molecular flexibility index (Phi) is 8.11. The Labute approximate surface area is 167 Å². The number of carbonyl (C=O) groups excluding carboxylic acids is 2. The van der Waals surface area contributed by atoms with Gasteiger partial charge in [0, 0.05) is 16.8 Å². The highest BCUT2D eigenvalue weighted by atomic mass is 35.5. The van der Waals surface area contributed by atoms with Crippen molar-refractivity contribution in [3.8, 4) is 0 Å². The SMILES string of the molecule is CCN(CC(=O)Nc1cc(Cl)ccc1C)CC(=O)NC1CCCC(C)C1C. The van der Waals surface area contributed by atoms with Crippen molar-refractivity contribution in [3.63, 3.8) is 0 Å². The zero-order chi connectivity index (χ0) is 20.0. The highest BCUT2D eigenvalue weighted by molar-refractivity contribution is 6.31. The molecule has 0 aliphatic heterocycles. The van der Waals surface area contributed by atoms with Gasteiger partial charge in [-0.25, -0.2) is 0 Å². The average Bonchev–Trinajstić information content (AvgIpc) is 2.61. The van der Waals surface area contributed by atoms with Crippen LogP contribution < -0.4 is 10.6 Å². The van der Waals surface area contributed by atoms with Crippen LogP contribution in [0, 0.1) is 18.8 Å². The molecule has 0 spiro atoms. The number of amides is 2. The number of anilines is 1. The average molecular weight is 394 g/mol. The van der Waals surface area contributed by atoms with Crippen molar-refractivity contribution in [2.24, 2.45) is 11.8 Å². The number of nitrogens with one attached hydrogen (secondary N) is 2. The minimum absolute atomic E-state index is 0.00506. The fraction of sp³-hybridized carbons (Fsp3) is 0.619. The second-order valence-electron chi connectivity index (χ2n) is 7.75. The number of carbonyl (C=O) groups is 2. The molecule has 0 bridgehead atoms. The maximum absolute atomic E-state index is 12.5. The van der Waals surface area contributed by atoms with E-state index in [9.17, 15) is 9.59 Å². The van der Waals surface area contributed by atoms with E-state index in [0.717, 1.165) is 18.4 Å². The lowest BCUT2D eigenvalue weighted by molar-refractivity contribution is -0.124. The lowest BCUT2D eigenvalue weighted by Gasteiger charge is -2.35. The molecule has 2 rings (SSSR count). The highest BCUT2D eigenvalue weighted by Crippen LogP contribution is 2.29. The van der Waals surface area contributed by atoms with E-state index in [4.69, 9.17) is 11.6 Å². The maximum atomic E-state index is 12.5. The Morgan fingerprint density at radius 3 is 2.59 bits per heavy atom. The first-order valence-electron chi connectivity index (χ1n) is 9.87. The van der Waals surface area contributed by atoms with Gasteiger partial charge in [0.05, 0.1) is 13.1 Å². The predicted molar refractivity (Wildman–Crippen MR) is 111 cm³/mol. The van der Waals surface area contributed by atoms with Crippen molar-refractivity contribution >= 4 is 29.1 Å². The lowest BCUT2D eigenvalue weighted by Crippen LogP contribution is -2.48. The minimum atomic E-state index is -0.144. The summed E-state index contributed by atoms with van der Waals surface area (Å²) in [6.45, 7) is 9.38. The Bertz CT molecular complexity index is 665. The summed E-state index contributed by atoms with van der Waals surface area (Å²) in [6.07, 6.45) is 3.44. The second-order valence-corrected chi connectivity index (χ2v) is 8.19. The third kappa shape index (κ3) is 6.51. The Balaban J connectivity index is 1.86. The van der Waals surface area contributed by atoms with Gasteiger partial charge in [0.1, 0.15) is 0 Å². The molecule has 1 fully saturated rings. The monoisotopic (exact) mass is 393 g/mol. The van der Waals surface area contributed by atoms with E-state index in [2.05, 4.69) is 24.5 Å². The van der Waals surface area contributed by atoms with Crippen molar-refractivity contribution in [1.82, 2.24) is 10.2 Å². The van der Waals surface area contributed by atoms with Gasteiger partial charge >= 0.3 is 0 Å². The van der Waals surface area contributed by atoms with Gasteiger partial charge in [-0.05, 0) is 49.4 Å². The van der Waals surface area contributed by atoms with Gasteiger partial charge < -0.3 is 10.6 Å². The third-order valence-corrected chi connectivity index (χ3v) is 5.94. The summed E-state index contributed by atoms with van der Waals surface area (Å²) in [6, 6.07) is 5.64. The van der Waals surface area contributed by atoms with Gasteiger partial charge in [0.2, 0.25) is 11.8 Å². The van der Waals surface area contributed by atoms with Gasteiger partial charge in [-0.2, -0.15) is 0 Å². The molecule has 1 aromatic rings. The van der Waals surface area contributed by atoms with E-state index in [-0.39, 0.29) is 30.9 Å². The van der Waals surface area contributed by atoms with Crippen molar-refractivity contribution in [2.75, 3.05) is 25.0 Å². The Morgan fingerprint density at radius 2 is 1.89 bits per heavy atom. The van der Waals surface area contributed by atoms with Crippen LogP contribution in [-0.4, -0.2) is 42.4 Å². The van der Waals surface area contributed by atoms with Crippen LogP contribution in [0.3, 0.4) is 0 Å². The van der Waals surface area contributed by atoms with Gasteiger partial charge in [-0.1, -0.05) is 51.3 Å². The molecule has 6 heteroatoms. The zero-order valence-corrected chi connectivity index (χ0v) is 17.6. The molecular formula is C21H32ClN3O2. The largest absolute Gasteiger partial charge is 0.352 e. The predicted octanol–water partition coefficient (Wildman–Crippen LogP) is 3.85. The van der Waals surface area contributed by atoms with Crippen LogP contribution in [0.15, 0.2) is 18.2 Å². The molecule has 27 heavy (non-hydrogen) atoms. The lowest BCUT2D eigenvalue weighted by atomic mass is 9.78. The number of likely N-dealkylation sites (N-methyl/N-ethyl adjacent to an activating group) is 1. The smallest absolute Gasteiger partial charge is 0.238 e. The molecule has 150 valence electrons. The molecule has 2 amide bonds. The summed E-state index contributed by atoms with van der Waals surface area (Å²) in [4.78, 5) is 26.7. The van der Waals surface area contributed by atoms with Crippen molar-refractivity contribution in [1.29, 1.82) is 0 Å². The molecule has 1 aromatic carbocycles. The molecule has 0 heterocycles. The topological polar surface area (TPSA) is 61.4 Å². The Hall–Kier alpha value is -1.59. The van der Waals surface area contributed by atoms with Crippen molar-refractivity contribution in [2.45, 2.75) is 53.0 Å². The first-order chi connectivity index (χ1) is 12.8. The second kappa shape index (κ2) is 10.1. The number of rotatable bonds is 7. The quantitative estimate of drug-likeness (QED) is 0.739. The Morgan fingerprint density at radius 1 is 1.19 bits per heavy atom. The fourth-order valence-corrected chi connectivity index (χ4v) is 3.81. The zero-order valence-electron chi connectivity index (χ0n) is 16.8. The van der Waals surface area contributed by atoms with E-state index in [1.807, 2.05) is 24.8 Å². The molecular weight excluding hydrogens is 362 g/mol. The van der Waals surface area contributed by atoms with Crippen LogP contribution in [0.5, 0.6) is 0 Å². The first kappa shape index (κ1) is 21.7. The number of nitrogens with zero attached hydrogens (tertiary/aromatic N) is 1. The van der Waals surface area contributed by atoms with E-state index >= 15 is 0 Å². The molecule has 0 saturated heterocycles.